The maximum Gasteiger partial charge on any atom is 0.328 e. The highest BCUT2D eigenvalue weighted by molar-refractivity contribution is 8.00. The summed E-state index contributed by atoms with van der Waals surface area (Å²) in [5, 5.41) is 17.2. The molecule has 1 atom stereocenters. The highest BCUT2D eigenvalue weighted by atomic mass is 32.2. The summed E-state index contributed by atoms with van der Waals surface area (Å²) in [5.74, 6) is -0.945. The van der Waals surface area contributed by atoms with Gasteiger partial charge in [-0.05, 0) is 0 Å². The van der Waals surface area contributed by atoms with Crippen molar-refractivity contribution in [2.24, 2.45) is 0 Å². The van der Waals surface area contributed by atoms with E-state index in [1.165, 1.54) is 16.7 Å². The van der Waals surface area contributed by atoms with Gasteiger partial charge in [0.25, 0.3) is 0 Å². The number of carboxylic acids is 1. The summed E-state index contributed by atoms with van der Waals surface area (Å²) in [4.78, 5) is 23.8. The summed E-state index contributed by atoms with van der Waals surface area (Å²) in [5.41, 5.74) is 0. The van der Waals surface area contributed by atoms with Gasteiger partial charge in [-0.1, -0.05) is 0 Å². The van der Waals surface area contributed by atoms with Crippen molar-refractivity contribution in [3.63, 3.8) is 0 Å². The minimum atomic E-state index is -1.06. The van der Waals surface area contributed by atoms with Gasteiger partial charge in [0.1, 0.15) is 0 Å². The predicted molar refractivity (Wildman–Crippen MR) is 56.9 cm³/mol. The quantitative estimate of drug-likeness (QED) is 0.674. The highest BCUT2D eigenvalue weighted by Crippen LogP contribution is 2.10. The molecule has 1 saturated heterocycles. The van der Waals surface area contributed by atoms with Gasteiger partial charge in [0.15, 0.2) is 6.04 Å². The van der Waals surface area contributed by atoms with Crippen LogP contribution in [0.4, 0.5) is 0 Å². The zero-order valence-corrected chi connectivity index (χ0v) is 9.40. The largest absolute Gasteiger partial charge is 0.480 e. The van der Waals surface area contributed by atoms with Crippen LogP contribution in [0.3, 0.4) is 0 Å². The van der Waals surface area contributed by atoms with E-state index >= 15 is 0 Å². The molecule has 0 aliphatic carbocycles. The number of nitriles is 1. The van der Waals surface area contributed by atoms with E-state index in [-0.39, 0.29) is 24.0 Å². The number of carbonyl (C=O) groups is 2. The Morgan fingerprint density at radius 2 is 2.38 bits per heavy atom. The summed E-state index contributed by atoms with van der Waals surface area (Å²) in [7, 11) is 0. The summed E-state index contributed by atoms with van der Waals surface area (Å²) >= 11 is 1.18. The molecule has 0 radical (unpaired) electrons. The van der Waals surface area contributed by atoms with Gasteiger partial charge in [0, 0.05) is 6.54 Å². The maximum atomic E-state index is 11.7. The molecule has 1 heterocycles. The summed E-state index contributed by atoms with van der Waals surface area (Å²) in [6.07, 6.45) is 0. The Kier molecular flexibility index (Phi) is 5.08. The van der Waals surface area contributed by atoms with Crippen LogP contribution in [-0.4, -0.2) is 59.2 Å². The summed E-state index contributed by atoms with van der Waals surface area (Å²) in [6.45, 7) is 0.686. The predicted octanol–water partition coefficient (Wildman–Crippen LogP) is -0.445. The fourth-order valence-corrected chi connectivity index (χ4v) is 1.91. The molecule has 1 fully saturated rings. The van der Waals surface area contributed by atoms with Crippen molar-refractivity contribution in [2.75, 3.05) is 31.3 Å². The zero-order chi connectivity index (χ0) is 12.0. The van der Waals surface area contributed by atoms with Crippen molar-refractivity contribution in [1.82, 2.24) is 4.90 Å². The third kappa shape index (κ3) is 3.40. The third-order valence-electron chi connectivity index (χ3n) is 2.13. The van der Waals surface area contributed by atoms with E-state index < -0.39 is 12.0 Å². The first-order valence-corrected chi connectivity index (χ1v) is 5.87. The van der Waals surface area contributed by atoms with Crippen LogP contribution in [0.1, 0.15) is 0 Å². The van der Waals surface area contributed by atoms with Crippen LogP contribution in [0.5, 0.6) is 0 Å². The standard InChI is InChI=1S/C9H12N2O4S/c10-1-4-16-6-8(12)11-2-3-15-5-7(11)9(13)14/h7H,2-6H2,(H,13,14). The van der Waals surface area contributed by atoms with Gasteiger partial charge in [-0.2, -0.15) is 5.26 Å². The van der Waals surface area contributed by atoms with Crippen molar-refractivity contribution >= 4 is 23.6 Å². The number of morpholine rings is 1. The molecule has 0 aromatic rings. The lowest BCUT2D eigenvalue weighted by Gasteiger charge is -2.32. The van der Waals surface area contributed by atoms with Gasteiger partial charge in [0.2, 0.25) is 5.91 Å². The number of carboxylic acid groups (broad SMARTS) is 1. The maximum absolute atomic E-state index is 11.7. The van der Waals surface area contributed by atoms with E-state index in [4.69, 9.17) is 15.1 Å². The molecule has 1 rings (SSSR count). The molecule has 1 aliphatic rings. The van der Waals surface area contributed by atoms with Gasteiger partial charge in [-0.3, -0.25) is 4.79 Å². The lowest BCUT2D eigenvalue weighted by Crippen LogP contribution is -2.53. The second-order valence-corrected chi connectivity index (χ2v) is 4.15. The Morgan fingerprint density at radius 3 is 3.00 bits per heavy atom. The molecular formula is C9H12N2O4S. The number of carbonyl (C=O) groups excluding carboxylic acids is 1. The number of amides is 1. The van der Waals surface area contributed by atoms with Crippen LogP contribution in [0.2, 0.25) is 0 Å². The molecule has 1 unspecified atom stereocenters. The molecule has 1 amide bonds. The monoisotopic (exact) mass is 244 g/mol. The molecule has 0 bridgehead atoms. The first-order chi connectivity index (χ1) is 7.66. The van der Waals surface area contributed by atoms with E-state index in [0.717, 1.165) is 0 Å². The molecule has 0 aromatic carbocycles. The van der Waals surface area contributed by atoms with Crippen LogP contribution in [0.15, 0.2) is 0 Å². The van der Waals surface area contributed by atoms with E-state index in [1.807, 2.05) is 6.07 Å². The molecule has 16 heavy (non-hydrogen) atoms. The average molecular weight is 244 g/mol. The first kappa shape index (κ1) is 12.8. The lowest BCUT2D eigenvalue weighted by atomic mass is 10.2. The number of hydrogen-bond donors (Lipinski definition) is 1. The van der Waals surface area contributed by atoms with Crippen LogP contribution in [0, 0.1) is 11.3 Å². The fraction of sp³-hybridized carbons (Fsp3) is 0.667. The first-order valence-electron chi connectivity index (χ1n) is 4.71. The van der Waals surface area contributed by atoms with E-state index in [9.17, 15) is 9.59 Å². The van der Waals surface area contributed by atoms with E-state index in [1.54, 1.807) is 0 Å². The molecule has 7 heteroatoms. The molecule has 0 spiro atoms. The number of thioether (sulfide) groups is 1. The van der Waals surface area contributed by atoms with Gasteiger partial charge in [0.05, 0.1) is 30.8 Å². The minimum absolute atomic E-state index is 0.0317. The molecule has 0 saturated carbocycles. The topological polar surface area (TPSA) is 90.6 Å². The zero-order valence-electron chi connectivity index (χ0n) is 8.59. The number of rotatable bonds is 4. The van der Waals surface area contributed by atoms with E-state index in [2.05, 4.69) is 0 Å². The fourth-order valence-electron chi connectivity index (χ4n) is 1.37. The minimum Gasteiger partial charge on any atom is -0.480 e. The second-order valence-electron chi connectivity index (χ2n) is 3.17. The smallest absolute Gasteiger partial charge is 0.328 e. The molecule has 0 aromatic heterocycles. The van der Waals surface area contributed by atoms with Crippen molar-refractivity contribution in [3.05, 3.63) is 0 Å². The van der Waals surface area contributed by atoms with Gasteiger partial charge in [-0.15, -0.1) is 11.8 Å². The Bertz CT molecular complexity index is 315. The lowest BCUT2D eigenvalue weighted by molar-refractivity contribution is -0.157. The average Bonchev–Trinajstić information content (AvgIpc) is 2.29. The van der Waals surface area contributed by atoms with Gasteiger partial charge in [-0.25, -0.2) is 4.79 Å². The third-order valence-corrected chi connectivity index (χ3v) is 2.91. The van der Waals surface area contributed by atoms with E-state index in [0.29, 0.717) is 13.2 Å². The van der Waals surface area contributed by atoms with Gasteiger partial charge < -0.3 is 14.7 Å². The van der Waals surface area contributed by atoms with Crippen molar-refractivity contribution < 1.29 is 19.4 Å². The SMILES string of the molecule is N#CCSCC(=O)N1CCOCC1C(=O)O. The number of nitrogens with zero attached hydrogens (tertiary/aromatic N) is 2. The van der Waals surface area contributed by atoms with Crippen LogP contribution in [-0.2, 0) is 14.3 Å². The molecule has 88 valence electrons. The Balaban J connectivity index is 2.51. The number of aliphatic carboxylic acids is 1. The Morgan fingerprint density at radius 1 is 1.62 bits per heavy atom. The van der Waals surface area contributed by atoms with Crippen molar-refractivity contribution in [1.29, 1.82) is 5.26 Å². The Hall–Kier alpha value is -1.26. The number of hydrogen-bond acceptors (Lipinski definition) is 5. The molecule has 6 nitrogen and oxygen atoms in total. The Labute approximate surface area is 97.2 Å². The highest BCUT2D eigenvalue weighted by Gasteiger charge is 2.32. The number of ether oxygens (including phenoxy) is 1. The second kappa shape index (κ2) is 6.35. The molecule has 1 aliphatic heterocycles. The van der Waals surface area contributed by atoms with Crippen molar-refractivity contribution in [3.8, 4) is 6.07 Å². The molecule has 1 N–H and O–H groups in total. The normalized spacial score (nSPS) is 20.2. The van der Waals surface area contributed by atoms with Crippen molar-refractivity contribution in [2.45, 2.75) is 6.04 Å². The summed E-state index contributed by atoms with van der Waals surface area (Å²) < 4.78 is 5.02. The molecular weight excluding hydrogens is 232 g/mol. The summed E-state index contributed by atoms with van der Waals surface area (Å²) in [6, 6.07) is 1.01. The van der Waals surface area contributed by atoms with Gasteiger partial charge >= 0.3 is 5.97 Å². The van der Waals surface area contributed by atoms with Crippen LogP contribution >= 0.6 is 11.8 Å². The van der Waals surface area contributed by atoms with Crippen LogP contribution in [0.25, 0.3) is 0 Å². The van der Waals surface area contributed by atoms with Crippen LogP contribution < -0.4 is 0 Å².